The van der Waals surface area contributed by atoms with Crippen LogP contribution in [0.3, 0.4) is 0 Å². The van der Waals surface area contributed by atoms with Gasteiger partial charge in [0.15, 0.2) is 5.65 Å². The summed E-state index contributed by atoms with van der Waals surface area (Å²) in [6, 6.07) is 4.01. The van der Waals surface area contributed by atoms with E-state index >= 15 is 0 Å². The number of aromatic nitrogens is 4. The van der Waals surface area contributed by atoms with E-state index in [4.69, 9.17) is 9.97 Å². The maximum atomic E-state index is 14.4. The molecule has 0 bridgehead atoms. The summed E-state index contributed by atoms with van der Waals surface area (Å²) in [5.41, 5.74) is 1.85. The third-order valence-electron chi connectivity index (χ3n) is 7.21. The molecule has 1 saturated carbocycles. The topological polar surface area (TPSA) is 67.7 Å². The van der Waals surface area contributed by atoms with Crippen molar-refractivity contribution in [2.45, 2.75) is 91.6 Å². The van der Waals surface area contributed by atoms with E-state index in [2.05, 4.69) is 54.8 Å². The number of halogens is 2. The molecular formula is C27H38F2N6. The van der Waals surface area contributed by atoms with E-state index in [9.17, 15) is 8.78 Å². The Kier molecular flexibility index (Phi) is 7.57. The van der Waals surface area contributed by atoms with Gasteiger partial charge < -0.3 is 10.6 Å². The summed E-state index contributed by atoms with van der Waals surface area (Å²) >= 11 is 0. The zero-order valence-electron chi connectivity index (χ0n) is 21.5. The molecule has 4 rings (SSSR count). The second-order valence-corrected chi connectivity index (χ2v) is 10.9. The van der Waals surface area contributed by atoms with Crippen LogP contribution in [0.1, 0.15) is 85.6 Å². The normalized spacial score (nSPS) is 18.5. The predicted molar refractivity (Wildman–Crippen MR) is 138 cm³/mol. The van der Waals surface area contributed by atoms with Crippen LogP contribution in [0.15, 0.2) is 24.4 Å². The number of rotatable bonds is 9. The smallest absolute Gasteiger partial charge is 0.224 e. The van der Waals surface area contributed by atoms with Crippen molar-refractivity contribution in [1.29, 1.82) is 0 Å². The van der Waals surface area contributed by atoms with E-state index < -0.39 is 11.6 Å². The van der Waals surface area contributed by atoms with Gasteiger partial charge in [-0.15, -0.1) is 0 Å². The lowest BCUT2D eigenvalue weighted by molar-refractivity contribution is 0.245. The third-order valence-corrected chi connectivity index (χ3v) is 7.21. The lowest BCUT2D eigenvalue weighted by Gasteiger charge is -2.27. The van der Waals surface area contributed by atoms with Gasteiger partial charge in [0.2, 0.25) is 11.9 Å². The Bertz CT molecular complexity index is 1150. The summed E-state index contributed by atoms with van der Waals surface area (Å²) in [5.74, 6) is 0.504. The molecule has 2 heterocycles. The van der Waals surface area contributed by atoms with E-state index in [0.29, 0.717) is 34.8 Å². The van der Waals surface area contributed by atoms with Crippen molar-refractivity contribution >= 4 is 28.7 Å². The summed E-state index contributed by atoms with van der Waals surface area (Å²) in [6.07, 6.45) is 9.04. The van der Waals surface area contributed by atoms with Gasteiger partial charge in [-0.05, 0) is 55.6 Å². The quantitative estimate of drug-likeness (QED) is 0.327. The van der Waals surface area contributed by atoms with Gasteiger partial charge in [0.25, 0.3) is 0 Å². The highest BCUT2D eigenvalue weighted by atomic mass is 19.1. The molecule has 3 aromatic rings. The average Bonchev–Trinajstić information content (AvgIpc) is 3.40. The van der Waals surface area contributed by atoms with Crippen molar-refractivity contribution in [1.82, 2.24) is 19.5 Å². The SMILES string of the molecule is CCCC(CCC)n1c(Nc2ccc(F)cc2F)nc2cnc(NC3CC[C@@H](C(C)(C)C)C3)nc21. The molecule has 1 aliphatic rings. The molecule has 2 atom stereocenters. The van der Waals surface area contributed by atoms with Crippen molar-refractivity contribution in [3.05, 3.63) is 36.0 Å². The Morgan fingerprint density at radius 1 is 1.09 bits per heavy atom. The van der Waals surface area contributed by atoms with Crippen molar-refractivity contribution in [2.24, 2.45) is 11.3 Å². The minimum atomic E-state index is -0.658. The number of benzene rings is 1. The Labute approximate surface area is 207 Å². The van der Waals surface area contributed by atoms with Gasteiger partial charge in [-0.1, -0.05) is 47.5 Å². The van der Waals surface area contributed by atoms with E-state index in [-0.39, 0.29) is 11.7 Å². The maximum absolute atomic E-state index is 14.4. The van der Waals surface area contributed by atoms with E-state index in [1.165, 1.54) is 18.6 Å². The molecule has 1 fully saturated rings. The minimum absolute atomic E-state index is 0.153. The second kappa shape index (κ2) is 10.5. The predicted octanol–water partition coefficient (Wildman–Crippen LogP) is 7.62. The molecule has 0 spiro atoms. The Morgan fingerprint density at radius 2 is 1.83 bits per heavy atom. The zero-order chi connectivity index (χ0) is 25.2. The molecule has 1 aliphatic carbocycles. The highest BCUT2D eigenvalue weighted by molar-refractivity contribution is 5.76. The molecule has 0 radical (unpaired) electrons. The number of fused-ring (bicyclic) bond motifs is 1. The van der Waals surface area contributed by atoms with Crippen LogP contribution in [0.5, 0.6) is 0 Å². The van der Waals surface area contributed by atoms with Gasteiger partial charge in [0.05, 0.1) is 11.9 Å². The fourth-order valence-corrected chi connectivity index (χ4v) is 5.26. The maximum Gasteiger partial charge on any atom is 0.224 e. The summed E-state index contributed by atoms with van der Waals surface area (Å²) in [5, 5.41) is 6.65. The van der Waals surface area contributed by atoms with E-state index in [1.54, 1.807) is 6.20 Å². The minimum Gasteiger partial charge on any atom is -0.351 e. The van der Waals surface area contributed by atoms with Gasteiger partial charge in [-0.2, -0.15) is 4.98 Å². The largest absolute Gasteiger partial charge is 0.351 e. The number of nitrogens with zero attached hydrogens (tertiary/aromatic N) is 4. The lowest BCUT2D eigenvalue weighted by atomic mass is 9.80. The van der Waals surface area contributed by atoms with Crippen LogP contribution in [0.2, 0.25) is 0 Å². The molecule has 8 heteroatoms. The monoisotopic (exact) mass is 484 g/mol. The number of nitrogens with one attached hydrogen (secondary N) is 2. The van der Waals surface area contributed by atoms with Gasteiger partial charge in [0.1, 0.15) is 17.2 Å². The number of imidazole rings is 1. The molecular weight excluding hydrogens is 446 g/mol. The van der Waals surface area contributed by atoms with Crippen molar-refractivity contribution in [3.8, 4) is 0 Å². The Balaban J connectivity index is 1.69. The molecule has 2 N–H and O–H groups in total. The summed E-state index contributed by atoms with van der Waals surface area (Å²) in [6.45, 7) is 11.2. The second-order valence-electron chi connectivity index (χ2n) is 10.9. The van der Waals surface area contributed by atoms with Crippen LogP contribution in [0, 0.1) is 23.0 Å². The molecule has 0 saturated heterocycles. The highest BCUT2D eigenvalue weighted by Gasteiger charge is 2.33. The van der Waals surface area contributed by atoms with Crippen LogP contribution in [-0.2, 0) is 0 Å². The number of hydrogen-bond acceptors (Lipinski definition) is 5. The molecule has 6 nitrogen and oxygen atoms in total. The first-order chi connectivity index (χ1) is 16.7. The first kappa shape index (κ1) is 25.3. The standard InChI is InChI=1S/C27H38F2N6/c1-6-8-20(9-7-2)35-24-23(33-26(35)32-22-13-11-18(28)15-21(22)29)16-30-25(34-24)31-19-12-10-17(14-19)27(3,4)5/h11,13,15-17,19-20H,6-10,12,14H2,1-5H3,(H,32,33)(H,30,31,34)/t17-,19?/m1/s1. The Hall–Kier alpha value is -2.77. The van der Waals surface area contributed by atoms with Gasteiger partial charge in [0, 0.05) is 18.2 Å². The molecule has 35 heavy (non-hydrogen) atoms. The third kappa shape index (κ3) is 5.73. The zero-order valence-corrected chi connectivity index (χ0v) is 21.5. The van der Waals surface area contributed by atoms with Crippen LogP contribution in [0.4, 0.5) is 26.4 Å². The molecule has 190 valence electrons. The van der Waals surface area contributed by atoms with Crippen molar-refractivity contribution < 1.29 is 8.78 Å². The number of anilines is 3. The molecule has 2 aromatic heterocycles. The molecule has 1 aromatic carbocycles. The van der Waals surface area contributed by atoms with Gasteiger partial charge >= 0.3 is 0 Å². The fourth-order valence-electron chi connectivity index (χ4n) is 5.26. The van der Waals surface area contributed by atoms with Gasteiger partial charge in [-0.3, -0.25) is 4.57 Å². The van der Waals surface area contributed by atoms with Crippen LogP contribution < -0.4 is 10.6 Å². The Morgan fingerprint density at radius 3 is 2.46 bits per heavy atom. The molecule has 1 unspecified atom stereocenters. The van der Waals surface area contributed by atoms with Crippen LogP contribution in [-0.4, -0.2) is 25.6 Å². The van der Waals surface area contributed by atoms with Crippen molar-refractivity contribution in [2.75, 3.05) is 10.6 Å². The molecule has 0 amide bonds. The summed E-state index contributed by atoms with van der Waals surface area (Å²) < 4.78 is 30.0. The van der Waals surface area contributed by atoms with Crippen LogP contribution in [0.25, 0.3) is 11.2 Å². The summed E-state index contributed by atoms with van der Waals surface area (Å²) in [7, 11) is 0. The van der Waals surface area contributed by atoms with E-state index in [0.717, 1.165) is 50.2 Å². The van der Waals surface area contributed by atoms with E-state index in [1.807, 2.05) is 0 Å². The molecule has 0 aliphatic heterocycles. The first-order valence-corrected chi connectivity index (χ1v) is 12.9. The summed E-state index contributed by atoms with van der Waals surface area (Å²) in [4.78, 5) is 14.2. The van der Waals surface area contributed by atoms with Gasteiger partial charge in [-0.25, -0.2) is 18.7 Å². The number of hydrogen-bond donors (Lipinski definition) is 2. The first-order valence-electron chi connectivity index (χ1n) is 12.9. The van der Waals surface area contributed by atoms with Crippen molar-refractivity contribution in [3.63, 3.8) is 0 Å². The lowest BCUT2D eigenvalue weighted by Crippen LogP contribution is -2.22. The fraction of sp³-hybridized carbons (Fsp3) is 0.593. The average molecular weight is 485 g/mol. The van der Waals surface area contributed by atoms with Crippen LogP contribution >= 0.6 is 0 Å². The highest BCUT2D eigenvalue weighted by Crippen LogP contribution is 2.40.